The van der Waals surface area contributed by atoms with Gasteiger partial charge in [0.25, 0.3) is 0 Å². The van der Waals surface area contributed by atoms with Crippen molar-refractivity contribution in [2.45, 2.75) is 58.3 Å². The Hall–Kier alpha value is -1.83. The zero-order chi connectivity index (χ0) is 17.0. The number of rotatable bonds is 13. The van der Waals surface area contributed by atoms with E-state index in [1.807, 2.05) is 6.92 Å². The standard InChI is InChI=1S/C21H32O2/c1-3-4-5-6-7-8-9-10-11-12-13-14-15-16-17-18-19-20-21(22)23-2/h3-4,6-7,9-10,13-14,17-18H,5,8,11-12,15-16,19-20H2,1-2H3/b4-3+,7-6+,10-9+,14-13+,18-17+. The molecule has 0 aliphatic heterocycles. The summed E-state index contributed by atoms with van der Waals surface area (Å²) < 4.78 is 4.58. The molecule has 0 aliphatic rings. The summed E-state index contributed by atoms with van der Waals surface area (Å²) in [6.07, 6.45) is 29.4. The Labute approximate surface area is 142 Å². The van der Waals surface area contributed by atoms with Crippen molar-refractivity contribution >= 4 is 5.97 Å². The highest BCUT2D eigenvalue weighted by Crippen LogP contribution is 2.00. The van der Waals surface area contributed by atoms with E-state index < -0.39 is 0 Å². The highest BCUT2D eigenvalue weighted by molar-refractivity contribution is 5.69. The molecule has 0 heterocycles. The summed E-state index contributed by atoms with van der Waals surface area (Å²) in [5, 5.41) is 0. The summed E-state index contributed by atoms with van der Waals surface area (Å²) in [5.74, 6) is -0.143. The average molecular weight is 316 g/mol. The van der Waals surface area contributed by atoms with E-state index in [-0.39, 0.29) is 5.97 Å². The van der Waals surface area contributed by atoms with Crippen LogP contribution in [0.2, 0.25) is 0 Å². The molecule has 23 heavy (non-hydrogen) atoms. The number of carbonyl (C=O) groups is 1. The monoisotopic (exact) mass is 316 g/mol. The van der Waals surface area contributed by atoms with Crippen molar-refractivity contribution in [3.05, 3.63) is 60.8 Å². The second kappa shape index (κ2) is 18.2. The van der Waals surface area contributed by atoms with E-state index in [0.29, 0.717) is 6.42 Å². The summed E-state index contributed by atoms with van der Waals surface area (Å²) in [5.41, 5.74) is 0. The number of hydrogen-bond acceptors (Lipinski definition) is 2. The van der Waals surface area contributed by atoms with E-state index >= 15 is 0 Å². The van der Waals surface area contributed by atoms with Gasteiger partial charge in [0.1, 0.15) is 0 Å². The van der Waals surface area contributed by atoms with Gasteiger partial charge < -0.3 is 4.74 Å². The Balaban J connectivity index is 3.42. The SMILES string of the molecule is C/C=C/C/C=C/C/C=C/CC/C=C/CC/C=C/CCC(=O)OC. The van der Waals surface area contributed by atoms with E-state index in [1.54, 1.807) is 0 Å². The molecule has 128 valence electrons. The Morgan fingerprint density at radius 1 is 0.696 bits per heavy atom. The molecule has 2 heteroatoms. The molecule has 0 fully saturated rings. The maximum absolute atomic E-state index is 10.9. The predicted molar refractivity (Wildman–Crippen MR) is 100 cm³/mol. The molecule has 0 aromatic rings. The zero-order valence-electron chi connectivity index (χ0n) is 14.7. The largest absolute Gasteiger partial charge is 0.469 e. The van der Waals surface area contributed by atoms with Crippen molar-refractivity contribution in [2.75, 3.05) is 7.11 Å². The lowest BCUT2D eigenvalue weighted by atomic mass is 10.2. The van der Waals surface area contributed by atoms with Gasteiger partial charge >= 0.3 is 5.97 Å². The maximum Gasteiger partial charge on any atom is 0.305 e. The summed E-state index contributed by atoms with van der Waals surface area (Å²) in [7, 11) is 1.42. The lowest BCUT2D eigenvalue weighted by molar-refractivity contribution is -0.140. The predicted octanol–water partition coefficient (Wildman–Crippen LogP) is 6.08. The molecule has 0 saturated carbocycles. The molecule has 0 spiro atoms. The summed E-state index contributed by atoms with van der Waals surface area (Å²) in [4.78, 5) is 10.9. The number of methoxy groups -OCH3 is 1. The quantitative estimate of drug-likeness (QED) is 0.234. The van der Waals surface area contributed by atoms with Gasteiger partial charge in [-0.1, -0.05) is 60.8 Å². The molecule has 0 N–H and O–H groups in total. The van der Waals surface area contributed by atoms with E-state index in [1.165, 1.54) is 7.11 Å². The van der Waals surface area contributed by atoms with Crippen LogP contribution in [-0.2, 0) is 9.53 Å². The van der Waals surface area contributed by atoms with Crippen LogP contribution < -0.4 is 0 Å². The fourth-order valence-corrected chi connectivity index (χ4v) is 1.86. The molecule has 0 saturated heterocycles. The number of ether oxygens (including phenoxy) is 1. The smallest absolute Gasteiger partial charge is 0.305 e. The van der Waals surface area contributed by atoms with Gasteiger partial charge in [0.15, 0.2) is 0 Å². The van der Waals surface area contributed by atoms with Crippen molar-refractivity contribution in [2.24, 2.45) is 0 Å². The molecular weight excluding hydrogens is 284 g/mol. The normalized spacial score (nSPS) is 12.6. The zero-order valence-corrected chi connectivity index (χ0v) is 14.7. The Bertz CT molecular complexity index is 412. The molecule has 2 nitrogen and oxygen atoms in total. The first-order chi connectivity index (χ1) is 11.3. The van der Waals surface area contributed by atoms with Gasteiger partial charge in [0.2, 0.25) is 0 Å². The third-order valence-electron chi connectivity index (χ3n) is 3.19. The van der Waals surface area contributed by atoms with Gasteiger partial charge in [-0.25, -0.2) is 0 Å². The van der Waals surface area contributed by atoms with Crippen LogP contribution in [0.5, 0.6) is 0 Å². The first kappa shape index (κ1) is 21.2. The second-order valence-corrected chi connectivity index (χ2v) is 5.20. The van der Waals surface area contributed by atoms with Gasteiger partial charge in [-0.15, -0.1) is 0 Å². The lowest BCUT2D eigenvalue weighted by Crippen LogP contribution is -1.97. The van der Waals surface area contributed by atoms with E-state index in [0.717, 1.165) is 44.9 Å². The molecule has 0 aliphatic carbocycles. The van der Waals surface area contributed by atoms with Crippen molar-refractivity contribution in [3.63, 3.8) is 0 Å². The lowest BCUT2D eigenvalue weighted by Gasteiger charge is -1.93. The summed E-state index contributed by atoms with van der Waals surface area (Å²) >= 11 is 0. The fourth-order valence-electron chi connectivity index (χ4n) is 1.86. The molecule has 0 amide bonds. The fraction of sp³-hybridized carbons (Fsp3) is 0.476. The van der Waals surface area contributed by atoms with Gasteiger partial charge in [0.05, 0.1) is 7.11 Å². The van der Waals surface area contributed by atoms with Gasteiger partial charge in [0, 0.05) is 6.42 Å². The van der Waals surface area contributed by atoms with E-state index in [9.17, 15) is 4.79 Å². The Morgan fingerprint density at radius 3 is 1.65 bits per heavy atom. The first-order valence-electron chi connectivity index (χ1n) is 8.59. The van der Waals surface area contributed by atoms with Crippen LogP contribution in [0.15, 0.2) is 60.8 Å². The van der Waals surface area contributed by atoms with Crippen LogP contribution >= 0.6 is 0 Å². The number of esters is 1. The second-order valence-electron chi connectivity index (χ2n) is 5.20. The number of carbonyl (C=O) groups excluding carboxylic acids is 1. The van der Waals surface area contributed by atoms with Gasteiger partial charge in [-0.3, -0.25) is 4.79 Å². The minimum absolute atomic E-state index is 0.143. The van der Waals surface area contributed by atoms with Gasteiger partial charge in [-0.2, -0.15) is 0 Å². The van der Waals surface area contributed by atoms with Crippen LogP contribution in [0.3, 0.4) is 0 Å². The molecule has 0 aromatic heterocycles. The minimum atomic E-state index is -0.143. The minimum Gasteiger partial charge on any atom is -0.469 e. The molecule has 0 rings (SSSR count). The summed E-state index contributed by atoms with van der Waals surface area (Å²) in [6.45, 7) is 2.04. The van der Waals surface area contributed by atoms with Crippen LogP contribution in [0.25, 0.3) is 0 Å². The Kier molecular flexibility index (Phi) is 16.8. The van der Waals surface area contributed by atoms with Crippen molar-refractivity contribution < 1.29 is 9.53 Å². The van der Waals surface area contributed by atoms with E-state index in [2.05, 4.69) is 65.5 Å². The highest BCUT2D eigenvalue weighted by atomic mass is 16.5. The molecule has 0 bridgehead atoms. The first-order valence-corrected chi connectivity index (χ1v) is 8.59. The van der Waals surface area contributed by atoms with Crippen molar-refractivity contribution in [1.82, 2.24) is 0 Å². The third-order valence-corrected chi connectivity index (χ3v) is 3.19. The average Bonchev–Trinajstić information content (AvgIpc) is 2.57. The molecule has 0 unspecified atom stereocenters. The topological polar surface area (TPSA) is 26.3 Å². The van der Waals surface area contributed by atoms with Crippen molar-refractivity contribution in [1.29, 1.82) is 0 Å². The molecular formula is C21H32O2. The number of allylic oxidation sites excluding steroid dienone is 10. The molecule has 0 aromatic carbocycles. The third kappa shape index (κ3) is 18.1. The van der Waals surface area contributed by atoms with Crippen LogP contribution in [0, 0.1) is 0 Å². The van der Waals surface area contributed by atoms with Crippen LogP contribution in [0.4, 0.5) is 0 Å². The number of unbranched alkanes of at least 4 members (excludes halogenated alkanes) is 2. The highest BCUT2D eigenvalue weighted by Gasteiger charge is 1.95. The Morgan fingerprint density at radius 2 is 1.13 bits per heavy atom. The van der Waals surface area contributed by atoms with Crippen LogP contribution in [-0.4, -0.2) is 13.1 Å². The number of hydrogen-bond donors (Lipinski definition) is 0. The molecule has 0 atom stereocenters. The van der Waals surface area contributed by atoms with Crippen LogP contribution in [0.1, 0.15) is 58.3 Å². The molecule has 0 radical (unpaired) electrons. The van der Waals surface area contributed by atoms with Crippen molar-refractivity contribution in [3.8, 4) is 0 Å². The maximum atomic E-state index is 10.9. The summed E-state index contributed by atoms with van der Waals surface area (Å²) in [6, 6.07) is 0. The van der Waals surface area contributed by atoms with Gasteiger partial charge in [-0.05, 0) is 51.9 Å². The van der Waals surface area contributed by atoms with E-state index in [4.69, 9.17) is 0 Å².